The normalized spacial score (nSPS) is 11.0. The van der Waals surface area contributed by atoms with Crippen molar-refractivity contribution in [3.63, 3.8) is 0 Å². The van der Waals surface area contributed by atoms with E-state index in [4.69, 9.17) is 5.73 Å². The molecule has 6 heteroatoms. The Morgan fingerprint density at radius 2 is 1.96 bits per heavy atom. The van der Waals surface area contributed by atoms with E-state index in [1.54, 1.807) is 12.1 Å². The summed E-state index contributed by atoms with van der Waals surface area (Å²) in [6, 6.07) is 8.42. The second-order valence-corrected chi connectivity index (χ2v) is 5.51. The Labute approximate surface area is 134 Å². The molecule has 0 atom stereocenters. The molecule has 23 heavy (non-hydrogen) atoms. The van der Waals surface area contributed by atoms with Gasteiger partial charge in [0.1, 0.15) is 11.3 Å². The van der Waals surface area contributed by atoms with Crippen molar-refractivity contribution in [2.75, 3.05) is 17.6 Å². The number of nitrogens with one attached hydrogen (secondary N) is 1. The number of hydrogen-bond acceptors (Lipinski definition) is 4. The number of benzene rings is 1. The molecule has 0 fully saturated rings. The first-order chi connectivity index (χ1) is 11.2. The van der Waals surface area contributed by atoms with Crippen molar-refractivity contribution < 1.29 is 4.39 Å². The van der Waals surface area contributed by atoms with E-state index in [2.05, 4.69) is 26.8 Å². The lowest BCUT2D eigenvalue weighted by atomic mass is 10.2. The highest BCUT2D eigenvalue weighted by Crippen LogP contribution is 2.23. The number of aromatic nitrogens is 3. The van der Waals surface area contributed by atoms with Crippen molar-refractivity contribution in [3.8, 4) is 0 Å². The predicted octanol–water partition coefficient (Wildman–Crippen LogP) is 3.41. The molecule has 0 aliphatic rings. The second kappa shape index (κ2) is 6.64. The van der Waals surface area contributed by atoms with Crippen LogP contribution in [0, 0.1) is 5.82 Å². The van der Waals surface area contributed by atoms with Crippen molar-refractivity contribution in [2.45, 2.75) is 26.3 Å². The third-order valence-electron chi connectivity index (χ3n) is 3.72. The van der Waals surface area contributed by atoms with Gasteiger partial charge in [-0.3, -0.25) is 0 Å². The lowest BCUT2D eigenvalue weighted by Gasteiger charge is -2.11. The lowest BCUT2D eigenvalue weighted by Crippen LogP contribution is -2.09. The van der Waals surface area contributed by atoms with Crippen LogP contribution in [0.25, 0.3) is 11.0 Å². The summed E-state index contributed by atoms with van der Waals surface area (Å²) in [5.41, 5.74) is 8.53. The Kier molecular flexibility index (Phi) is 4.41. The van der Waals surface area contributed by atoms with Gasteiger partial charge in [-0.25, -0.2) is 9.37 Å². The minimum Gasteiger partial charge on any atom is -0.368 e. The predicted molar refractivity (Wildman–Crippen MR) is 90.8 cm³/mol. The summed E-state index contributed by atoms with van der Waals surface area (Å²) in [5, 5.41) is 3.34. The fourth-order valence-electron chi connectivity index (χ4n) is 2.55. The van der Waals surface area contributed by atoms with E-state index in [9.17, 15) is 4.39 Å². The molecule has 5 nitrogen and oxygen atoms in total. The average molecular weight is 313 g/mol. The van der Waals surface area contributed by atoms with Crippen LogP contribution in [0.1, 0.15) is 25.3 Å². The van der Waals surface area contributed by atoms with E-state index in [1.165, 1.54) is 12.1 Å². The zero-order valence-electron chi connectivity index (χ0n) is 13.1. The van der Waals surface area contributed by atoms with Crippen LogP contribution >= 0.6 is 0 Å². The van der Waals surface area contributed by atoms with Gasteiger partial charge in [0.25, 0.3) is 0 Å². The maximum atomic E-state index is 13.0. The molecule has 0 saturated carbocycles. The summed E-state index contributed by atoms with van der Waals surface area (Å²) in [7, 11) is 0. The topological polar surface area (TPSA) is 68.8 Å². The molecular weight excluding hydrogens is 293 g/mol. The van der Waals surface area contributed by atoms with Crippen molar-refractivity contribution in [1.29, 1.82) is 0 Å². The van der Waals surface area contributed by atoms with E-state index in [1.807, 2.05) is 12.3 Å². The number of unbranched alkanes of at least 4 members (excludes halogenated alkanes) is 1. The molecule has 0 spiro atoms. The van der Waals surface area contributed by atoms with Gasteiger partial charge in [0, 0.05) is 19.3 Å². The fourth-order valence-corrected chi connectivity index (χ4v) is 2.55. The van der Waals surface area contributed by atoms with Crippen molar-refractivity contribution >= 4 is 22.8 Å². The van der Waals surface area contributed by atoms with Gasteiger partial charge in [-0.2, -0.15) is 4.98 Å². The Morgan fingerprint density at radius 3 is 2.70 bits per heavy atom. The van der Waals surface area contributed by atoms with Crippen LogP contribution < -0.4 is 11.1 Å². The summed E-state index contributed by atoms with van der Waals surface area (Å²) >= 11 is 0. The number of fused-ring (bicyclic) bond motifs is 1. The first kappa shape index (κ1) is 15.3. The third kappa shape index (κ3) is 3.41. The molecule has 0 radical (unpaired) electrons. The van der Waals surface area contributed by atoms with E-state index in [0.717, 1.165) is 41.8 Å². The van der Waals surface area contributed by atoms with Crippen LogP contribution in [0.5, 0.6) is 0 Å². The highest BCUT2D eigenvalue weighted by atomic mass is 19.1. The molecule has 3 aromatic rings. The molecule has 2 aromatic heterocycles. The number of halogens is 1. The zero-order chi connectivity index (χ0) is 16.2. The molecule has 120 valence electrons. The monoisotopic (exact) mass is 313 g/mol. The van der Waals surface area contributed by atoms with Crippen molar-refractivity contribution in [1.82, 2.24) is 14.5 Å². The largest absolute Gasteiger partial charge is 0.368 e. The number of rotatable bonds is 6. The van der Waals surface area contributed by atoms with Crippen molar-refractivity contribution in [2.24, 2.45) is 0 Å². The zero-order valence-corrected chi connectivity index (χ0v) is 13.1. The molecule has 3 rings (SSSR count). The average Bonchev–Trinajstić information content (AvgIpc) is 2.92. The van der Waals surface area contributed by atoms with Crippen LogP contribution in [-0.2, 0) is 6.54 Å². The van der Waals surface area contributed by atoms with Crippen LogP contribution in [0.15, 0.2) is 36.5 Å². The van der Waals surface area contributed by atoms with Crippen LogP contribution in [-0.4, -0.2) is 21.1 Å². The van der Waals surface area contributed by atoms with Gasteiger partial charge < -0.3 is 15.6 Å². The molecule has 0 saturated heterocycles. The number of nitrogens with zero attached hydrogens (tertiary/aromatic N) is 3. The van der Waals surface area contributed by atoms with E-state index in [0.29, 0.717) is 6.54 Å². The minimum absolute atomic E-state index is 0.232. The molecule has 0 aliphatic carbocycles. The van der Waals surface area contributed by atoms with Gasteiger partial charge in [0.15, 0.2) is 5.82 Å². The molecule has 0 unspecified atom stereocenters. The van der Waals surface area contributed by atoms with Gasteiger partial charge in [-0.1, -0.05) is 25.5 Å². The maximum absolute atomic E-state index is 13.0. The molecular formula is C17H20FN5. The summed E-state index contributed by atoms with van der Waals surface area (Å²) in [6.07, 6.45) is 4.12. The highest BCUT2D eigenvalue weighted by molar-refractivity contribution is 5.87. The fraction of sp³-hybridized carbons (Fsp3) is 0.294. The van der Waals surface area contributed by atoms with Gasteiger partial charge >= 0.3 is 0 Å². The minimum atomic E-state index is -0.232. The SMILES string of the molecule is CCCCNc1nc(N)nc2ccn(Cc3ccc(F)cc3)c12. The molecule has 0 bridgehead atoms. The van der Waals surface area contributed by atoms with Gasteiger partial charge in [-0.05, 0) is 30.2 Å². The third-order valence-corrected chi connectivity index (χ3v) is 3.72. The number of nitrogens with two attached hydrogens (primary N) is 1. The maximum Gasteiger partial charge on any atom is 0.222 e. The van der Waals surface area contributed by atoms with Gasteiger partial charge in [0.05, 0.1) is 5.52 Å². The summed E-state index contributed by atoms with van der Waals surface area (Å²) in [4.78, 5) is 8.62. The molecule has 0 aliphatic heterocycles. The Bertz CT molecular complexity index is 795. The molecule has 2 heterocycles. The first-order valence-corrected chi connectivity index (χ1v) is 7.78. The van der Waals surface area contributed by atoms with Gasteiger partial charge in [-0.15, -0.1) is 0 Å². The smallest absolute Gasteiger partial charge is 0.222 e. The lowest BCUT2D eigenvalue weighted by molar-refractivity contribution is 0.626. The Hall–Kier alpha value is -2.63. The Morgan fingerprint density at radius 1 is 1.17 bits per heavy atom. The van der Waals surface area contributed by atoms with Crippen LogP contribution in [0.2, 0.25) is 0 Å². The Balaban J connectivity index is 1.95. The second-order valence-electron chi connectivity index (χ2n) is 5.51. The van der Waals surface area contributed by atoms with E-state index >= 15 is 0 Å². The number of anilines is 2. The van der Waals surface area contributed by atoms with Crippen LogP contribution in [0.3, 0.4) is 0 Å². The summed E-state index contributed by atoms with van der Waals surface area (Å²) in [6.45, 7) is 3.60. The van der Waals surface area contributed by atoms with Crippen molar-refractivity contribution in [3.05, 3.63) is 47.9 Å². The number of nitrogen functional groups attached to an aromatic ring is 1. The summed E-state index contributed by atoms with van der Waals surface area (Å²) in [5.74, 6) is 0.772. The highest BCUT2D eigenvalue weighted by Gasteiger charge is 2.11. The van der Waals surface area contributed by atoms with E-state index < -0.39 is 0 Å². The summed E-state index contributed by atoms with van der Waals surface area (Å²) < 4.78 is 15.1. The molecule has 3 N–H and O–H groups in total. The van der Waals surface area contributed by atoms with E-state index in [-0.39, 0.29) is 11.8 Å². The number of hydrogen-bond donors (Lipinski definition) is 2. The van der Waals surface area contributed by atoms with Gasteiger partial charge in [0.2, 0.25) is 5.95 Å². The molecule has 1 aromatic carbocycles. The molecule has 0 amide bonds. The van der Waals surface area contributed by atoms with Crippen LogP contribution in [0.4, 0.5) is 16.2 Å². The quantitative estimate of drug-likeness (QED) is 0.684. The first-order valence-electron chi connectivity index (χ1n) is 7.78. The standard InChI is InChI=1S/C17H20FN5/c1-2-3-9-20-16-15-14(21-17(19)22-16)8-10-23(15)11-12-4-6-13(18)7-5-12/h4-8,10H,2-3,9,11H2,1H3,(H3,19,20,21,22).